The maximum Gasteiger partial charge on any atom is 0.241 e. The number of benzene rings is 1. The molecule has 0 aliphatic heterocycles. The minimum atomic E-state index is -0.0246. The van der Waals surface area contributed by atoms with Gasteiger partial charge in [0.15, 0.2) is 5.96 Å². The number of hydrogen-bond acceptors (Lipinski definition) is 4. The average Bonchev–Trinajstić information content (AvgIpc) is 3.17. The van der Waals surface area contributed by atoms with Gasteiger partial charge in [0.1, 0.15) is 11.5 Å². The lowest BCUT2D eigenvalue weighted by Gasteiger charge is -2.15. The fourth-order valence-electron chi connectivity index (χ4n) is 2.40. The molecular weight excluding hydrogens is 344 g/mol. The number of aryl methyl sites for hydroxylation is 1. The van der Waals surface area contributed by atoms with Gasteiger partial charge in [0.2, 0.25) is 5.91 Å². The zero-order valence-corrected chi connectivity index (χ0v) is 16.4. The number of nitrogens with zero attached hydrogens (tertiary/aromatic N) is 2. The first-order valence-corrected chi connectivity index (χ1v) is 8.88. The van der Waals surface area contributed by atoms with Crippen LogP contribution in [0.5, 0.6) is 5.75 Å². The molecule has 0 unspecified atom stereocenters. The van der Waals surface area contributed by atoms with Crippen LogP contribution in [0.25, 0.3) is 0 Å². The Hall–Kier alpha value is -2.96. The van der Waals surface area contributed by atoms with Crippen molar-refractivity contribution in [2.45, 2.75) is 19.9 Å². The van der Waals surface area contributed by atoms with Crippen molar-refractivity contribution in [3.05, 3.63) is 53.5 Å². The topological polar surface area (TPSA) is 79.1 Å². The number of amides is 1. The van der Waals surface area contributed by atoms with Gasteiger partial charge in [-0.15, -0.1) is 0 Å². The first-order chi connectivity index (χ1) is 13.0. The van der Waals surface area contributed by atoms with E-state index in [1.54, 1.807) is 27.5 Å². The van der Waals surface area contributed by atoms with Gasteiger partial charge in [0, 0.05) is 32.6 Å². The highest BCUT2D eigenvalue weighted by Crippen LogP contribution is 2.20. The molecule has 2 rings (SSSR count). The number of hydrogen-bond donors (Lipinski definition) is 2. The highest BCUT2D eigenvalue weighted by Gasteiger charge is 2.08. The van der Waals surface area contributed by atoms with Crippen LogP contribution < -0.4 is 15.4 Å². The van der Waals surface area contributed by atoms with Crippen molar-refractivity contribution < 1.29 is 13.9 Å². The second-order valence-electron chi connectivity index (χ2n) is 6.38. The van der Waals surface area contributed by atoms with Gasteiger partial charge in [-0.05, 0) is 30.7 Å². The predicted molar refractivity (Wildman–Crippen MR) is 106 cm³/mol. The van der Waals surface area contributed by atoms with Crippen LogP contribution in [-0.4, -0.2) is 51.1 Å². The molecule has 1 aromatic carbocycles. The molecule has 2 N–H and O–H groups in total. The first-order valence-electron chi connectivity index (χ1n) is 8.88. The molecule has 2 aromatic rings. The molecule has 0 bridgehead atoms. The van der Waals surface area contributed by atoms with E-state index in [4.69, 9.17) is 9.15 Å². The summed E-state index contributed by atoms with van der Waals surface area (Å²) >= 11 is 0. The SMILES string of the molecule is COc1cc(C)ccc1CN=C(NCCc1ccco1)NCC(=O)N(C)C. The Balaban J connectivity index is 2.02. The lowest BCUT2D eigenvalue weighted by Crippen LogP contribution is -2.43. The molecule has 7 heteroatoms. The van der Waals surface area contributed by atoms with E-state index in [9.17, 15) is 4.79 Å². The summed E-state index contributed by atoms with van der Waals surface area (Å²) in [5, 5.41) is 6.32. The molecule has 146 valence electrons. The number of ether oxygens (including phenoxy) is 1. The number of carbonyl (C=O) groups excluding carboxylic acids is 1. The summed E-state index contributed by atoms with van der Waals surface area (Å²) in [6, 6.07) is 9.81. The molecule has 1 amide bonds. The van der Waals surface area contributed by atoms with Gasteiger partial charge in [-0.2, -0.15) is 0 Å². The van der Waals surface area contributed by atoms with Gasteiger partial charge >= 0.3 is 0 Å². The first kappa shape index (κ1) is 20.4. The summed E-state index contributed by atoms with van der Waals surface area (Å²) in [5.74, 6) is 2.24. The molecule has 0 aliphatic rings. The fraction of sp³-hybridized carbons (Fsp3) is 0.400. The van der Waals surface area contributed by atoms with Crippen LogP contribution in [0, 0.1) is 6.92 Å². The Labute approximate surface area is 160 Å². The number of aliphatic imine (C=N–C) groups is 1. The molecule has 0 radical (unpaired) electrons. The number of furan rings is 1. The Morgan fingerprint density at radius 1 is 1.26 bits per heavy atom. The molecule has 7 nitrogen and oxygen atoms in total. The molecular formula is C20H28N4O3. The predicted octanol–water partition coefficient (Wildman–Crippen LogP) is 1.96. The van der Waals surface area contributed by atoms with E-state index in [2.05, 4.69) is 15.6 Å². The number of carbonyl (C=O) groups is 1. The lowest BCUT2D eigenvalue weighted by atomic mass is 10.1. The minimum Gasteiger partial charge on any atom is -0.496 e. The van der Waals surface area contributed by atoms with Crippen LogP contribution in [-0.2, 0) is 17.8 Å². The van der Waals surface area contributed by atoms with Gasteiger partial charge in [-0.3, -0.25) is 4.79 Å². The number of guanidine groups is 1. The Morgan fingerprint density at radius 3 is 2.74 bits per heavy atom. The smallest absolute Gasteiger partial charge is 0.241 e. The van der Waals surface area contributed by atoms with Crippen molar-refractivity contribution >= 4 is 11.9 Å². The van der Waals surface area contributed by atoms with Crippen molar-refractivity contribution in [3.63, 3.8) is 0 Å². The van der Waals surface area contributed by atoms with Crippen LogP contribution >= 0.6 is 0 Å². The molecule has 1 aromatic heterocycles. The number of methoxy groups -OCH3 is 1. The van der Waals surface area contributed by atoms with E-state index in [0.29, 0.717) is 19.0 Å². The van der Waals surface area contributed by atoms with Gasteiger partial charge in [-0.25, -0.2) is 4.99 Å². The molecule has 0 fully saturated rings. The highest BCUT2D eigenvalue weighted by atomic mass is 16.5. The van der Waals surface area contributed by atoms with Crippen molar-refractivity contribution in [1.29, 1.82) is 0 Å². The molecule has 0 atom stereocenters. The van der Waals surface area contributed by atoms with Crippen LogP contribution in [0.1, 0.15) is 16.9 Å². The third-order valence-corrected chi connectivity index (χ3v) is 4.00. The van der Waals surface area contributed by atoms with E-state index in [0.717, 1.165) is 29.1 Å². The molecule has 0 saturated carbocycles. The molecule has 27 heavy (non-hydrogen) atoms. The average molecular weight is 372 g/mol. The zero-order chi connectivity index (χ0) is 19.6. The Kier molecular flexibility index (Phi) is 7.73. The van der Waals surface area contributed by atoms with E-state index >= 15 is 0 Å². The maximum absolute atomic E-state index is 11.9. The zero-order valence-electron chi connectivity index (χ0n) is 16.4. The van der Waals surface area contributed by atoms with E-state index in [-0.39, 0.29) is 12.5 Å². The molecule has 0 spiro atoms. The van der Waals surface area contributed by atoms with Crippen LogP contribution in [0.2, 0.25) is 0 Å². The van der Waals surface area contributed by atoms with Crippen molar-refractivity contribution in [3.8, 4) is 5.75 Å². The fourth-order valence-corrected chi connectivity index (χ4v) is 2.40. The van der Waals surface area contributed by atoms with Gasteiger partial charge in [-0.1, -0.05) is 12.1 Å². The van der Waals surface area contributed by atoms with E-state index < -0.39 is 0 Å². The number of likely N-dealkylation sites (N-methyl/N-ethyl adjacent to an activating group) is 1. The van der Waals surface area contributed by atoms with Crippen molar-refractivity contribution in [2.75, 3.05) is 34.3 Å². The van der Waals surface area contributed by atoms with Gasteiger partial charge in [0.05, 0.1) is 26.5 Å². The summed E-state index contributed by atoms with van der Waals surface area (Å²) in [7, 11) is 5.10. The lowest BCUT2D eigenvalue weighted by molar-refractivity contribution is -0.127. The summed E-state index contributed by atoms with van der Waals surface area (Å²) in [5.41, 5.74) is 2.11. The molecule has 0 saturated heterocycles. The third-order valence-electron chi connectivity index (χ3n) is 4.00. The maximum atomic E-state index is 11.9. The van der Waals surface area contributed by atoms with E-state index in [1.807, 2.05) is 37.3 Å². The Morgan fingerprint density at radius 2 is 2.07 bits per heavy atom. The summed E-state index contributed by atoms with van der Waals surface area (Å²) in [4.78, 5) is 18.0. The highest BCUT2D eigenvalue weighted by molar-refractivity contribution is 5.86. The van der Waals surface area contributed by atoms with Gasteiger partial charge in [0.25, 0.3) is 0 Å². The second-order valence-corrected chi connectivity index (χ2v) is 6.38. The normalized spacial score (nSPS) is 11.2. The summed E-state index contributed by atoms with van der Waals surface area (Å²) < 4.78 is 10.8. The Bertz CT molecular complexity index is 755. The van der Waals surface area contributed by atoms with E-state index in [1.165, 1.54) is 4.90 Å². The molecule has 1 heterocycles. The second kappa shape index (κ2) is 10.3. The van der Waals surface area contributed by atoms with Crippen LogP contribution in [0.3, 0.4) is 0 Å². The summed E-state index contributed by atoms with van der Waals surface area (Å²) in [6.45, 7) is 3.27. The van der Waals surface area contributed by atoms with Crippen molar-refractivity contribution in [2.24, 2.45) is 4.99 Å². The molecule has 0 aliphatic carbocycles. The largest absolute Gasteiger partial charge is 0.496 e. The minimum absolute atomic E-state index is 0.0246. The number of rotatable bonds is 8. The van der Waals surface area contributed by atoms with Crippen LogP contribution in [0.4, 0.5) is 0 Å². The van der Waals surface area contributed by atoms with Gasteiger partial charge < -0.3 is 24.7 Å². The monoisotopic (exact) mass is 372 g/mol. The van der Waals surface area contributed by atoms with Crippen LogP contribution in [0.15, 0.2) is 46.0 Å². The summed E-state index contributed by atoms with van der Waals surface area (Å²) in [6.07, 6.45) is 2.38. The number of nitrogens with one attached hydrogen (secondary N) is 2. The van der Waals surface area contributed by atoms with Crippen molar-refractivity contribution in [1.82, 2.24) is 15.5 Å². The standard InChI is InChI=1S/C20H28N4O3/c1-15-7-8-16(18(12-15)26-4)13-22-20(23-14-19(25)24(2)3)21-10-9-17-6-5-11-27-17/h5-8,11-12H,9-10,13-14H2,1-4H3,(H2,21,22,23). The third kappa shape index (κ3) is 6.69. The quantitative estimate of drug-likeness (QED) is 0.547.